The Balaban J connectivity index is 1.66. The first-order valence-electron chi connectivity index (χ1n) is 6.95. The van der Waals surface area contributed by atoms with Crippen molar-refractivity contribution >= 4 is 11.9 Å². The smallest absolute Gasteiger partial charge is 0.231 e. The third-order valence-corrected chi connectivity index (χ3v) is 3.61. The fourth-order valence-corrected chi connectivity index (χ4v) is 2.42. The predicted octanol–water partition coefficient (Wildman–Crippen LogP) is 1.43. The van der Waals surface area contributed by atoms with Gasteiger partial charge in [-0.25, -0.2) is 9.97 Å². The van der Waals surface area contributed by atoms with Crippen LogP contribution in [0.4, 0.5) is 5.95 Å². The van der Waals surface area contributed by atoms with E-state index in [1.54, 1.807) is 18.6 Å². The number of rotatable bonds is 3. The number of hydrogen-bond donors (Lipinski definition) is 1. The molecular weight excluding hydrogens is 266 g/mol. The van der Waals surface area contributed by atoms with Crippen molar-refractivity contribution in [2.75, 3.05) is 25.5 Å². The highest BCUT2D eigenvalue weighted by Crippen LogP contribution is 2.17. The van der Waals surface area contributed by atoms with Crippen molar-refractivity contribution in [2.45, 2.75) is 6.42 Å². The molecule has 6 nitrogen and oxygen atoms in total. The average molecular weight is 283 g/mol. The van der Waals surface area contributed by atoms with Gasteiger partial charge in [0.2, 0.25) is 11.9 Å². The van der Waals surface area contributed by atoms with E-state index in [9.17, 15) is 4.79 Å². The molecule has 1 N–H and O–H groups in total. The summed E-state index contributed by atoms with van der Waals surface area (Å²) >= 11 is 0. The molecule has 1 aliphatic heterocycles. The molecule has 1 saturated heterocycles. The molecule has 2 aromatic rings. The molecule has 1 amide bonds. The van der Waals surface area contributed by atoms with Crippen LogP contribution in [-0.2, 0) is 4.79 Å². The summed E-state index contributed by atoms with van der Waals surface area (Å²) in [6, 6.07) is 5.66. The van der Waals surface area contributed by atoms with Crippen molar-refractivity contribution in [3.05, 3.63) is 36.8 Å². The van der Waals surface area contributed by atoms with Gasteiger partial charge in [0.05, 0.1) is 11.6 Å². The van der Waals surface area contributed by atoms with E-state index in [1.165, 1.54) is 0 Å². The number of pyridine rings is 1. The summed E-state index contributed by atoms with van der Waals surface area (Å²) in [6.07, 6.45) is 5.95. The number of hydrogen-bond acceptors (Lipinski definition) is 5. The van der Waals surface area contributed by atoms with Crippen LogP contribution in [0.15, 0.2) is 36.8 Å². The lowest BCUT2D eigenvalue weighted by Gasteiger charge is -2.10. The second kappa shape index (κ2) is 5.97. The summed E-state index contributed by atoms with van der Waals surface area (Å²) in [4.78, 5) is 26.8. The molecule has 0 aliphatic carbocycles. The molecule has 0 saturated carbocycles. The fraction of sp³-hybridized carbons (Fsp3) is 0.333. The van der Waals surface area contributed by atoms with E-state index in [-0.39, 0.29) is 11.8 Å². The van der Waals surface area contributed by atoms with Gasteiger partial charge >= 0.3 is 0 Å². The lowest BCUT2D eigenvalue weighted by atomic mass is 10.1. The minimum atomic E-state index is -0.00932. The van der Waals surface area contributed by atoms with Gasteiger partial charge in [0.25, 0.3) is 0 Å². The van der Waals surface area contributed by atoms with Crippen molar-refractivity contribution < 1.29 is 4.79 Å². The maximum atomic E-state index is 12.1. The maximum absolute atomic E-state index is 12.1. The molecule has 0 bridgehead atoms. The third-order valence-electron chi connectivity index (χ3n) is 3.61. The molecule has 1 unspecified atom stereocenters. The number of nitrogens with zero attached hydrogens (tertiary/aromatic N) is 4. The Morgan fingerprint density at radius 2 is 2.10 bits per heavy atom. The van der Waals surface area contributed by atoms with Crippen molar-refractivity contribution in [3.8, 4) is 11.3 Å². The van der Waals surface area contributed by atoms with Crippen molar-refractivity contribution in [1.82, 2.24) is 19.9 Å². The molecule has 1 fully saturated rings. The molecule has 3 heterocycles. The molecule has 2 aromatic heterocycles. The summed E-state index contributed by atoms with van der Waals surface area (Å²) in [5.41, 5.74) is 1.64. The zero-order valence-corrected chi connectivity index (χ0v) is 11.9. The zero-order chi connectivity index (χ0) is 14.7. The van der Waals surface area contributed by atoms with E-state index in [2.05, 4.69) is 25.2 Å². The Morgan fingerprint density at radius 3 is 2.71 bits per heavy atom. The van der Waals surface area contributed by atoms with E-state index in [1.807, 2.05) is 25.2 Å². The van der Waals surface area contributed by atoms with Crippen molar-refractivity contribution in [2.24, 2.45) is 5.92 Å². The molecule has 1 atom stereocenters. The first-order valence-corrected chi connectivity index (χ1v) is 6.95. The molecule has 0 radical (unpaired) electrons. The SMILES string of the molecule is CN1CCC(C(=O)Nc2ncc(-c3ccccn3)cn2)C1. The second-order valence-electron chi connectivity index (χ2n) is 5.25. The van der Waals surface area contributed by atoms with Gasteiger partial charge in [-0.1, -0.05) is 6.07 Å². The summed E-state index contributed by atoms with van der Waals surface area (Å²) in [6.45, 7) is 1.75. The van der Waals surface area contributed by atoms with Gasteiger partial charge in [0, 0.05) is 30.7 Å². The van der Waals surface area contributed by atoms with Crippen LogP contribution in [0.2, 0.25) is 0 Å². The first kappa shape index (κ1) is 13.6. The predicted molar refractivity (Wildman–Crippen MR) is 79.5 cm³/mol. The Hall–Kier alpha value is -2.34. The standard InChI is InChI=1S/C15H17N5O/c1-20-7-5-11(10-20)14(21)19-15-17-8-12(9-18-15)13-4-2-3-6-16-13/h2-4,6,8-9,11H,5,7,10H2,1H3,(H,17,18,19,21). The van der Waals surface area contributed by atoms with E-state index in [4.69, 9.17) is 0 Å². The Morgan fingerprint density at radius 1 is 1.29 bits per heavy atom. The van der Waals surface area contributed by atoms with E-state index < -0.39 is 0 Å². The van der Waals surface area contributed by atoms with Gasteiger partial charge in [-0.3, -0.25) is 15.1 Å². The molecule has 108 valence electrons. The van der Waals surface area contributed by atoms with Crippen molar-refractivity contribution in [1.29, 1.82) is 0 Å². The normalized spacial score (nSPS) is 18.6. The summed E-state index contributed by atoms with van der Waals surface area (Å²) in [5, 5.41) is 2.77. The van der Waals surface area contributed by atoms with Crippen LogP contribution in [-0.4, -0.2) is 45.9 Å². The van der Waals surface area contributed by atoms with Crippen LogP contribution >= 0.6 is 0 Å². The minimum Gasteiger partial charge on any atom is -0.306 e. The largest absolute Gasteiger partial charge is 0.306 e. The molecule has 0 spiro atoms. The van der Waals surface area contributed by atoms with E-state index >= 15 is 0 Å². The van der Waals surface area contributed by atoms with Gasteiger partial charge in [-0.15, -0.1) is 0 Å². The van der Waals surface area contributed by atoms with E-state index in [0.717, 1.165) is 30.8 Å². The van der Waals surface area contributed by atoms with Crippen LogP contribution in [0.25, 0.3) is 11.3 Å². The number of likely N-dealkylation sites (tertiary alicyclic amines) is 1. The number of carbonyl (C=O) groups is 1. The Bertz CT molecular complexity index is 614. The highest BCUT2D eigenvalue weighted by atomic mass is 16.2. The van der Waals surface area contributed by atoms with Gasteiger partial charge in [-0.2, -0.15) is 0 Å². The number of aromatic nitrogens is 3. The summed E-state index contributed by atoms with van der Waals surface area (Å²) < 4.78 is 0. The quantitative estimate of drug-likeness (QED) is 0.922. The topological polar surface area (TPSA) is 71.0 Å². The van der Waals surface area contributed by atoms with Crippen LogP contribution in [0.5, 0.6) is 0 Å². The van der Waals surface area contributed by atoms with E-state index in [0.29, 0.717) is 5.95 Å². The average Bonchev–Trinajstić information content (AvgIpc) is 2.96. The second-order valence-corrected chi connectivity index (χ2v) is 5.25. The molecular formula is C15H17N5O. The molecule has 3 rings (SSSR count). The summed E-state index contributed by atoms with van der Waals surface area (Å²) in [7, 11) is 2.02. The van der Waals surface area contributed by atoms with Gasteiger partial charge in [0.15, 0.2) is 0 Å². The lowest BCUT2D eigenvalue weighted by Crippen LogP contribution is -2.26. The minimum absolute atomic E-state index is 0.00932. The first-order chi connectivity index (χ1) is 10.2. The maximum Gasteiger partial charge on any atom is 0.231 e. The number of amides is 1. The van der Waals surface area contributed by atoms with Crippen LogP contribution in [0.3, 0.4) is 0 Å². The van der Waals surface area contributed by atoms with Crippen LogP contribution in [0.1, 0.15) is 6.42 Å². The lowest BCUT2D eigenvalue weighted by molar-refractivity contribution is -0.119. The molecule has 6 heteroatoms. The zero-order valence-electron chi connectivity index (χ0n) is 11.9. The number of anilines is 1. The Kier molecular flexibility index (Phi) is 3.87. The molecule has 21 heavy (non-hydrogen) atoms. The highest BCUT2D eigenvalue weighted by molar-refractivity contribution is 5.91. The van der Waals surface area contributed by atoms with Gasteiger partial charge in [0.1, 0.15) is 0 Å². The molecule has 1 aliphatic rings. The van der Waals surface area contributed by atoms with Crippen LogP contribution < -0.4 is 5.32 Å². The highest BCUT2D eigenvalue weighted by Gasteiger charge is 2.26. The molecule has 0 aromatic carbocycles. The van der Waals surface area contributed by atoms with Gasteiger partial charge in [-0.05, 0) is 32.1 Å². The van der Waals surface area contributed by atoms with Crippen molar-refractivity contribution in [3.63, 3.8) is 0 Å². The monoisotopic (exact) mass is 283 g/mol. The third kappa shape index (κ3) is 3.22. The van der Waals surface area contributed by atoms with Crippen LogP contribution in [0, 0.1) is 5.92 Å². The summed E-state index contributed by atoms with van der Waals surface area (Å²) in [5.74, 6) is 0.355. The number of carbonyl (C=O) groups excluding carboxylic acids is 1. The fourth-order valence-electron chi connectivity index (χ4n) is 2.42. The Labute approximate surface area is 123 Å². The van der Waals surface area contributed by atoms with Gasteiger partial charge < -0.3 is 4.90 Å². The number of nitrogens with one attached hydrogen (secondary N) is 1.